The Balaban J connectivity index is 1.68. The first-order chi connectivity index (χ1) is 12.6. The molecule has 1 aliphatic heterocycles. The lowest BCUT2D eigenvalue weighted by Gasteiger charge is -2.23. The summed E-state index contributed by atoms with van der Waals surface area (Å²) >= 11 is 4.96. The topological polar surface area (TPSA) is 49.4 Å². The number of thiophene rings is 1. The molecular formula is C20H21BrN2O2S. The van der Waals surface area contributed by atoms with Crippen molar-refractivity contribution in [2.24, 2.45) is 0 Å². The summed E-state index contributed by atoms with van der Waals surface area (Å²) in [7, 11) is 0. The summed E-state index contributed by atoms with van der Waals surface area (Å²) in [5.41, 5.74) is 1.04. The van der Waals surface area contributed by atoms with Crippen molar-refractivity contribution < 1.29 is 9.59 Å². The fraction of sp³-hybridized carbons (Fsp3) is 0.300. The third kappa shape index (κ3) is 5.29. The second-order valence-corrected chi connectivity index (χ2v) is 8.75. The van der Waals surface area contributed by atoms with Crippen molar-refractivity contribution in [2.75, 3.05) is 13.1 Å². The van der Waals surface area contributed by atoms with Gasteiger partial charge in [0.15, 0.2) is 0 Å². The lowest BCUT2D eigenvalue weighted by Crippen LogP contribution is -2.48. The zero-order valence-corrected chi connectivity index (χ0v) is 16.8. The summed E-state index contributed by atoms with van der Waals surface area (Å²) < 4.78 is 1.02. The van der Waals surface area contributed by atoms with E-state index in [1.54, 1.807) is 17.4 Å². The van der Waals surface area contributed by atoms with Gasteiger partial charge in [0, 0.05) is 30.5 Å². The predicted molar refractivity (Wildman–Crippen MR) is 109 cm³/mol. The normalized spacial score (nSPS) is 15.3. The fourth-order valence-corrected chi connectivity index (χ4v) is 4.33. The molecule has 1 aromatic carbocycles. The van der Waals surface area contributed by atoms with Crippen LogP contribution in [0.3, 0.4) is 0 Å². The van der Waals surface area contributed by atoms with Gasteiger partial charge in [0.05, 0.1) is 3.79 Å². The number of carbonyl (C=O) groups is 2. The largest absolute Gasteiger partial charge is 0.341 e. The van der Waals surface area contributed by atoms with Crippen LogP contribution in [0.15, 0.2) is 52.3 Å². The summed E-state index contributed by atoms with van der Waals surface area (Å²) in [6.45, 7) is 1.55. The molecule has 1 fully saturated rings. The van der Waals surface area contributed by atoms with E-state index in [2.05, 4.69) is 21.2 Å². The minimum atomic E-state index is -0.539. The maximum absolute atomic E-state index is 12.8. The summed E-state index contributed by atoms with van der Waals surface area (Å²) in [4.78, 5) is 28.1. The molecule has 0 bridgehead atoms. The van der Waals surface area contributed by atoms with Crippen LogP contribution in [-0.2, 0) is 16.0 Å². The smallest absolute Gasteiger partial charge is 0.245 e. The summed E-state index contributed by atoms with van der Waals surface area (Å²) in [5.74, 6) is -0.241. The van der Waals surface area contributed by atoms with E-state index in [-0.39, 0.29) is 11.8 Å². The highest BCUT2D eigenvalue weighted by Gasteiger charge is 2.27. The van der Waals surface area contributed by atoms with Gasteiger partial charge < -0.3 is 10.2 Å². The van der Waals surface area contributed by atoms with Crippen molar-refractivity contribution in [1.29, 1.82) is 0 Å². The standard InChI is InChI=1S/C20H21BrN2O2S/c21-18-10-8-16(26-18)9-11-19(24)22-17(14-15-6-2-1-3-7-15)20(25)23-12-4-5-13-23/h1-3,6-11,17H,4-5,12-14H2,(H,22,24)/b11-9+. The van der Waals surface area contributed by atoms with Gasteiger partial charge in [-0.1, -0.05) is 30.3 Å². The number of benzene rings is 1. The van der Waals surface area contributed by atoms with Crippen molar-refractivity contribution in [3.63, 3.8) is 0 Å². The van der Waals surface area contributed by atoms with Crippen molar-refractivity contribution in [3.8, 4) is 0 Å². The van der Waals surface area contributed by atoms with Crippen LogP contribution in [0.1, 0.15) is 23.3 Å². The van der Waals surface area contributed by atoms with E-state index in [1.165, 1.54) is 6.08 Å². The lowest BCUT2D eigenvalue weighted by atomic mass is 10.0. The fourth-order valence-electron chi connectivity index (χ4n) is 3.00. The average Bonchev–Trinajstić information content (AvgIpc) is 3.31. The molecule has 1 unspecified atom stereocenters. The molecule has 0 saturated carbocycles. The van der Waals surface area contributed by atoms with Gasteiger partial charge in [-0.2, -0.15) is 0 Å². The van der Waals surface area contributed by atoms with Crippen molar-refractivity contribution >= 4 is 45.2 Å². The molecule has 1 atom stereocenters. The molecule has 136 valence electrons. The van der Waals surface area contributed by atoms with Gasteiger partial charge in [0.1, 0.15) is 6.04 Å². The van der Waals surface area contributed by atoms with Crippen LogP contribution in [0.5, 0.6) is 0 Å². The third-order valence-electron chi connectivity index (χ3n) is 4.31. The average molecular weight is 433 g/mol. The van der Waals surface area contributed by atoms with Crippen LogP contribution in [0.2, 0.25) is 0 Å². The number of carbonyl (C=O) groups excluding carboxylic acids is 2. The maximum atomic E-state index is 12.8. The highest BCUT2D eigenvalue weighted by molar-refractivity contribution is 9.11. The van der Waals surface area contributed by atoms with E-state index in [0.29, 0.717) is 6.42 Å². The van der Waals surface area contributed by atoms with Gasteiger partial charge in [0.2, 0.25) is 11.8 Å². The molecule has 0 aliphatic carbocycles. The van der Waals surface area contributed by atoms with Crippen LogP contribution < -0.4 is 5.32 Å². The van der Waals surface area contributed by atoms with E-state index in [1.807, 2.05) is 47.4 Å². The van der Waals surface area contributed by atoms with E-state index < -0.39 is 6.04 Å². The third-order valence-corrected chi connectivity index (χ3v) is 5.90. The molecule has 1 aliphatic rings. The van der Waals surface area contributed by atoms with E-state index in [9.17, 15) is 9.59 Å². The van der Waals surface area contributed by atoms with Crippen LogP contribution in [-0.4, -0.2) is 35.8 Å². The van der Waals surface area contributed by atoms with Gasteiger partial charge in [-0.25, -0.2) is 0 Å². The van der Waals surface area contributed by atoms with E-state index in [4.69, 9.17) is 0 Å². The Hall–Kier alpha value is -1.92. The SMILES string of the molecule is O=C(/C=C/c1ccc(Br)s1)NC(Cc1ccccc1)C(=O)N1CCCC1. The molecule has 1 saturated heterocycles. The molecule has 3 rings (SSSR count). The molecule has 4 nitrogen and oxygen atoms in total. The Morgan fingerprint density at radius 1 is 1.15 bits per heavy atom. The maximum Gasteiger partial charge on any atom is 0.245 e. The van der Waals surface area contributed by atoms with Crippen LogP contribution in [0, 0.1) is 0 Å². The number of nitrogens with zero attached hydrogens (tertiary/aromatic N) is 1. The van der Waals surface area contributed by atoms with Crippen LogP contribution in [0.4, 0.5) is 0 Å². The minimum absolute atomic E-state index is 0.00645. The first-order valence-electron chi connectivity index (χ1n) is 8.68. The first-order valence-corrected chi connectivity index (χ1v) is 10.3. The molecule has 1 aromatic heterocycles. The number of amides is 2. The Morgan fingerprint density at radius 3 is 2.54 bits per heavy atom. The van der Waals surface area contributed by atoms with Crippen molar-refractivity contribution in [3.05, 3.63) is 62.8 Å². The minimum Gasteiger partial charge on any atom is -0.341 e. The Bertz CT molecular complexity index is 782. The highest BCUT2D eigenvalue weighted by atomic mass is 79.9. The molecular weight excluding hydrogens is 412 g/mol. The van der Waals surface area contributed by atoms with Crippen molar-refractivity contribution in [1.82, 2.24) is 10.2 Å². The zero-order chi connectivity index (χ0) is 18.4. The van der Waals surface area contributed by atoms with E-state index in [0.717, 1.165) is 40.2 Å². The van der Waals surface area contributed by atoms with Gasteiger partial charge in [-0.3, -0.25) is 9.59 Å². The first kappa shape index (κ1) is 18.9. The Labute approximate surface area is 166 Å². The van der Waals surface area contributed by atoms with Gasteiger partial charge in [-0.05, 0) is 52.5 Å². The second kappa shape index (κ2) is 9.14. The molecule has 0 radical (unpaired) electrons. The van der Waals surface area contributed by atoms with Gasteiger partial charge in [-0.15, -0.1) is 11.3 Å². The number of halogens is 1. The molecule has 1 N–H and O–H groups in total. The Kier molecular flexibility index (Phi) is 6.63. The molecule has 2 aromatic rings. The molecule has 0 spiro atoms. The number of nitrogens with one attached hydrogen (secondary N) is 1. The second-order valence-electron chi connectivity index (χ2n) is 6.26. The van der Waals surface area contributed by atoms with Gasteiger partial charge in [0.25, 0.3) is 0 Å². The quantitative estimate of drug-likeness (QED) is 0.704. The van der Waals surface area contributed by atoms with E-state index >= 15 is 0 Å². The number of hydrogen-bond donors (Lipinski definition) is 1. The van der Waals surface area contributed by atoms with Crippen molar-refractivity contribution in [2.45, 2.75) is 25.3 Å². The number of rotatable bonds is 6. The van der Waals surface area contributed by atoms with Crippen LogP contribution >= 0.6 is 27.3 Å². The number of likely N-dealkylation sites (tertiary alicyclic amines) is 1. The summed E-state index contributed by atoms with van der Waals surface area (Å²) in [6, 6.07) is 13.1. The molecule has 2 heterocycles. The Morgan fingerprint density at radius 2 is 1.88 bits per heavy atom. The monoisotopic (exact) mass is 432 g/mol. The van der Waals surface area contributed by atoms with Gasteiger partial charge >= 0.3 is 0 Å². The zero-order valence-electron chi connectivity index (χ0n) is 14.4. The molecule has 6 heteroatoms. The highest BCUT2D eigenvalue weighted by Crippen LogP contribution is 2.23. The lowest BCUT2D eigenvalue weighted by molar-refractivity contribution is -0.134. The molecule has 2 amide bonds. The number of hydrogen-bond acceptors (Lipinski definition) is 3. The molecule has 26 heavy (non-hydrogen) atoms. The summed E-state index contributed by atoms with van der Waals surface area (Å²) in [6.07, 6.45) is 5.83. The predicted octanol–water partition coefficient (Wildman–Crippen LogP) is 3.87. The summed E-state index contributed by atoms with van der Waals surface area (Å²) in [5, 5.41) is 2.90. The van der Waals surface area contributed by atoms with Crippen LogP contribution in [0.25, 0.3) is 6.08 Å².